The summed E-state index contributed by atoms with van der Waals surface area (Å²) in [5.74, 6) is 2.44. The Bertz CT molecular complexity index is 2870. The van der Waals surface area contributed by atoms with Crippen LogP contribution >= 0.6 is 0 Å². The van der Waals surface area contributed by atoms with Gasteiger partial charge in [-0.25, -0.2) is 4.98 Å². The van der Waals surface area contributed by atoms with Crippen molar-refractivity contribution in [2.75, 3.05) is 16.5 Å². The fourth-order valence-electron chi connectivity index (χ4n) is 8.65. The fourth-order valence-corrected chi connectivity index (χ4v) is 8.65. The summed E-state index contributed by atoms with van der Waals surface area (Å²) in [6.45, 7) is 23.5. The highest BCUT2D eigenvalue weighted by atomic mass is 16.5. The third-order valence-corrected chi connectivity index (χ3v) is 12.6. The van der Waals surface area contributed by atoms with Crippen LogP contribution in [0.5, 0.6) is 11.5 Å². The van der Waals surface area contributed by atoms with Crippen LogP contribution < -0.4 is 14.5 Å². The SMILES string of the molecule is Cc1cc2c(cc1C)N(c1cc(C(C)(C)C)cc(C(C)(C)C)c1)CN2c1cccc(Oc2ccc3c4ccccc4n(-c4cc(C(C)(C)c5ccccc5)ccn4)c3c2)c1. The van der Waals surface area contributed by atoms with Crippen molar-refractivity contribution < 1.29 is 4.74 Å². The maximum atomic E-state index is 6.78. The number of anilines is 4. The number of hydrogen-bond acceptors (Lipinski definition) is 4. The lowest BCUT2D eigenvalue weighted by molar-refractivity contribution is 0.483. The molecule has 60 heavy (non-hydrogen) atoms. The highest BCUT2D eigenvalue weighted by molar-refractivity contribution is 6.09. The maximum Gasteiger partial charge on any atom is 0.137 e. The van der Waals surface area contributed by atoms with E-state index in [1.807, 2.05) is 6.20 Å². The van der Waals surface area contributed by atoms with Crippen molar-refractivity contribution in [1.29, 1.82) is 0 Å². The van der Waals surface area contributed by atoms with E-state index in [1.165, 1.54) is 55.8 Å². The summed E-state index contributed by atoms with van der Waals surface area (Å²) in [7, 11) is 0. The van der Waals surface area contributed by atoms with Gasteiger partial charge in [-0.05, 0) is 125 Å². The van der Waals surface area contributed by atoms with Crippen LogP contribution in [0.25, 0.3) is 27.6 Å². The molecule has 1 aliphatic rings. The van der Waals surface area contributed by atoms with E-state index in [4.69, 9.17) is 9.72 Å². The van der Waals surface area contributed by atoms with Crippen molar-refractivity contribution in [3.05, 3.63) is 179 Å². The fraction of sp³-hybridized carbons (Fsp3) is 0.255. The molecule has 0 bridgehead atoms. The summed E-state index contributed by atoms with van der Waals surface area (Å²) in [4.78, 5) is 9.87. The number of ether oxygens (including phenoxy) is 1. The Balaban J connectivity index is 1.09. The molecule has 0 atom stereocenters. The van der Waals surface area contributed by atoms with Crippen LogP contribution in [-0.2, 0) is 16.2 Å². The number of pyridine rings is 1. The quantitative estimate of drug-likeness (QED) is 0.161. The van der Waals surface area contributed by atoms with Gasteiger partial charge in [-0.15, -0.1) is 0 Å². The molecule has 0 radical (unpaired) electrons. The molecular formula is C55H56N4O. The monoisotopic (exact) mass is 788 g/mol. The first-order valence-electron chi connectivity index (χ1n) is 21.2. The van der Waals surface area contributed by atoms with E-state index in [0.717, 1.165) is 39.4 Å². The molecule has 0 saturated heterocycles. The second-order valence-electron chi connectivity index (χ2n) is 19.2. The third kappa shape index (κ3) is 7.00. The van der Waals surface area contributed by atoms with Gasteiger partial charge in [0.1, 0.15) is 24.0 Å². The Morgan fingerprint density at radius 2 is 1.10 bits per heavy atom. The number of aromatic nitrogens is 2. The molecule has 0 spiro atoms. The number of nitrogens with zero attached hydrogens (tertiary/aromatic N) is 4. The summed E-state index contributed by atoms with van der Waals surface area (Å²) in [6.07, 6.45) is 1.94. The van der Waals surface area contributed by atoms with Crippen LogP contribution in [-0.4, -0.2) is 16.2 Å². The second kappa shape index (κ2) is 14.4. The van der Waals surface area contributed by atoms with E-state index in [-0.39, 0.29) is 16.2 Å². The van der Waals surface area contributed by atoms with E-state index in [9.17, 15) is 0 Å². The van der Waals surface area contributed by atoms with Gasteiger partial charge in [-0.2, -0.15) is 0 Å². The standard InChI is InChI=1S/C55H56N4O/c1-36-27-50-51(28-37(36)2)58(43-30-40(53(3,4)5)29-41(31-43)54(6,7)8)35-57(50)42-19-16-20-44(33-42)60-45-23-24-47-46-21-14-15-22-48(46)59(49(47)34-45)52-32-39(25-26-56-52)55(9,10)38-17-12-11-13-18-38/h11-34H,35H2,1-10H3. The Labute approximate surface area is 355 Å². The lowest BCUT2D eigenvalue weighted by Gasteiger charge is -2.29. The predicted octanol–water partition coefficient (Wildman–Crippen LogP) is 14.8. The van der Waals surface area contributed by atoms with Crippen LogP contribution in [0.1, 0.15) is 88.8 Å². The lowest BCUT2D eigenvalue weighted by atomic mass is 9.78. The zero-order chi connectivity index (χ0) is 42.1. The van der Waals surface area contributed by atoms with Crippen LogP contribution in [0.4, 0.5) is 22.7 Å². The molecule has 0 N–H and O–H groups in total. The molecule has 3 heterocycles. The molecular weight excluding hydrogens is 733 g/mol. The Morgan fingerprint density at radius 3 is 1.78 bits per heavy atom. The number of rotatable bonds is 7. The molecule has 1 aliphatic heterocycles. The number of para-hydroxylation sites is 1. The summed E-state index contributed by atoms with van der Waals surface area (Å²) in [5, 5.41) is 2.34. The molecule has 2 aromatic heterocycles. The van der Waals surface area contributed by atoms with Gasteiger partial charge < -0.3 is 14.5 Å². The molecule has 0 aliphatic carbocycles. The van der Waals surface area contributed by atoms with Gasteiger partial charge in [-0.3, -0.25) is 4.57 Å². The molecule has 5 heteroatoms. The summed E-state index contributed by atoms with van der Waals surface area (Å²) < 4.78 is 9.06. The highest BCUT2D eigenvalue weighted by Crippen LogP contribution is 2.48. The zero-order valence-corrected chi connectivity index (χ0v) is 36.8. The molecule has 5 nitrogen and oxygen atoms in total. The summed E-state index contributed by atoms with van der Waals surface area (Å²) >= 11 is 0. The number of hydrogen-bond donors (Lipinski definition) is 0. The van der Waals surface area contributed by atoms with Crippen molar-refractivity contribution >= 4 is 44.6 Å². The first-order chi connectivity index (χ1) is 28.6. The third-order valence-electron chi connectivity index (χ3n) is 12.6. The van der Waals surface area contributed by atoms with E-state index >= 15 is 0 Å². The molecule has 0 fully saturated rings. The molecule has 0 amide bonds. The van der Waals surface area contributed by atoms with E-state index < -0.39 is 0 Å². The highest BCUT2D eigenvalue weighted by Gasteiger charge is 2.31. The first kappa shape index (κ1) is 39.1. The van der Waals surface area contributed by atoms with Crippen molar-refractivity contribution in [2.24, 2.45) is 0 Å². The van der Waals surface area contributed by atoms with Crippen LogP contribution in [0.2, 0.25) is 0 Å². The van der Waals surface area contributed by atoms with Gasteiger partial charge in [0.2, 0.25) is 0 Å². The largest absolute Gasteiger partial charge is 0.457 e. The van der Waals surface area contributed by atoms with Crippen molar-refractivity contribution in [3.63, 3.8) is 0 Å². The smallest absolute Gasteiger partial charge is 0.137 e. The molecule has 6 aromatic carbocycles. The number of aryl methyl sites for hydroxylation is 2. The predicted molar refractivity (Wildman–Crippen MR) is 253 cm³/mol. The molecule has 0 unspecified atom stereocenters. The summed E-state index contributed by atoms with van der Waals surface area (Å²) in [6, 6.07) is 50.5. The van der Waals surface area contributed by atoms with Crippen LogP contribution in [0.3, 0.4) is 0 Å². The topological polar surface area (TPSA) is 33.5 Å². The van der Waals surface area contributed by atoms with E-state index in [2.05, 4.69) is 223 Å². The van der Waals surface area contributed by atoms with E-state index in [1.54, 1.807) is 0 Å². The van der Waals surface area contributed by atoms with Gasteiger partial charge in [0, 0.05) is 45.9 Å². The Hall–Kier alpha value is -6.33. The minimum Gasteiger partial charge on any atom is -0.457 e. The second-order valence-corrected chi connectivity index (χ2v) is 19.2. The van der Waals surface area contributed by atoms with Crippen molar-refractivity contribution in [3.8, 4) is 17.3 Å². The Morgan fingerprint density at radius 1 is 0.483 bits per heavy atom. The van der Waals surface area contributed by atoms with Gasteiger partial charge in [0.15, 0.2) is 0 Å². The van der Waals surface area contributed by atoms with Gasteiger partial charge >= 0.3 is 0 Å². The molecule has 302 valence electrons. The molecule has 9 rings (SSSR count). The average Bonchev–Trinajstić information content (AvgIpc) is 3.76. The normalized spacial score (nSPS) is 13.4. The van der Waals surface area contributed by atoms with Crippen LogP contribution in [0.15, 0.2) is 146 Å². The minimum atomic E-state index is -0.201. The summed E-state index contributed by atoms with van der Waals surface area (Å²) in [5.41, 5.74) is 14.5. The maximum absolute atomic E-state index is 6.78. The van der Waals surface area contributed by atoms with E-state index in [0.29, 0.717) is 6.67 Å². The lowest BCUT2D eigenvalue weighted by Crippen LogP contribution is -2.25. The number of benzene rings is 6. The van der Waals surface area contributed by atoms with Gasteiger partial charge in [0.25, 0.3) is 0 Å². The van der Waals surface area contributed by atoms with Crippen molar-refractivity contribution in [1.82, 2.24) is 9.55 Å². The van der Waals surface area contributed by atoms with Gasteiger partial charge in [0.05, 0.1) is 22.4 Å². The number of fused-ring (bicyclic) bond motifs is 4. The molecule has 8 aromatic rings. The minimum absolute atomic E-state index is 0.0182. The average molecular weight is 789 g/mol. The Kier molecular flexibility index (Phi) is 9.42. The van der Waals surface area contributed by atoms with Gasteiger partial charge in [-0.1, -0.05) is 116 Å². The first-order valence-corrected chi connectivity index (χ1v) is 21.2. The van der Waals surface area contributed by atoms with Crippen molar-refractivity contribution in [2.45, 2.75) is 85.5 Å². The molecule has 0 saturated carbocycles. The van der Waals surface area contributed by atoms with Crippen LogP contribution in [0, 0.1) is 13.8 Å². The zero-order valence-electron chi connectivity index (χ0n) is 36.8.